The zero-order chi connectivity index (χ0) is 20.4. The number of carbonyl (C=O) groups excluding carboxylic acids is 1. The highest BCUT2D eigenvalue weighted by Gasteiger charge is 2.37. The van der Waals surface area contributed by atoms with Crippen molar-refractivity contribution in [1.82, 2.24) is 30.1 Å². The average Bonchev–Trinajstić information content (AvgIpc) is 3.15. The second-order valence-corrected chi connectivity index (χ2v) is 7.24. The molecule has 4 rings (SSSR count). The maximum atomic E-state index is 14.0. The summed E-state index contributed by atoms with van der Waals surface area (Å²) in [6.07, 6.45) is 2.17. The molecule has 2 aromatic heterocycles. The predicted molar refractivity (Wildman–Crippen MR) is 102 cm³/mol. The van der Waals surface area contributed by atoms with Crippen LogP contribution >= 0.6 is 0 Å². The molecule has 150 valence electrons. The van der Waals surface area contributed by atoms with E-state index in [2.05, 4.69) is 20.5 Å². The van der Waals surface area contributed by atoms with Crippen LogP contribution in [0.1, 0.15) is 29.8 Å². The van der Waals surface area contributed by atoms with Crippen LogP contribution in [0, 0.1) is 12.9 Å². The first kappa shape index (κ1) is 19.1. The molecular weight excluding hydrogens is 375 g/mol. The molecule has 1 aliphatic rings. The molecule has 3 heterocycles. The first-order chi connectivity index (χ1) is 14.0. The van der Waals surface area contributed by atoms with Crippen LogP contribution < -0.4 is 0 Å². The van der Waals surface area contributed by atoms with Crippen molar-refractivity contribution >= 4 is 5.91 Å². The van der Waals surface area contributed by atoms with E-state index in [4.69, 9.17) is 0 Å². The monoisotopic (exact) mass is 396 g/mol. The molecule has 1 amide bonds. The van der Waals surface area contributed by atoms with E-state index in [-0.39, 0.29) is 30.7 Å². The molecule has 0 bridgehead atoms. The molecule has 0 aliphatic carbocycles. The Bertz CT molecular complexity index is 1010. The third-order valence-corrected chi connectivity index (χ3v) is 5.37. The number of benzene rings is 1. The number of halogens is 1. The molecule has 0 spiro atoms. The summed E-state index contributed by atoms with van der Waals surface area (Å²) >= 11 is 0. The lowest BCUT2D eigenvalue weighted by Gasteiger charge is -2.38. The maximum absolute atomic E-state index is 14.0. The molecule has 0 unspecified atom stereocenters. The van der Waals surface area contributed by atoms with Crippen LogP contribution in [0.2, 0.25) is 0 Å². The molecule has 1 N–H and O–H groups in total. The maximum Gasteiger partial charge on any atom is 0.226 e. The Morgan fingerprint density at radius 2 is 1.93 bits per heavy atom. The van der Waals surface area contributed by atoms with Crippen molar-refractivity contribution in [3.63, 3.8) is 0 Å². The Labute approximate surface area is 167 Å². The Morgan fingerprint density at radius 1 is 1.21 bits per heavy atom. The number of tetrazole rings is 1. The van der Waals surface area contributed by atoms with Crippen molar-refractivity contribution in [3.8, 4) is 5.69 Å². The summed E-state index contributed by atoms with van der Waals surface area (Å²) in [5, 5.41) is 22.2. The number of amides is 1. The summed E-state index contributed by atoms with van der Waals surface area (Å²) in [6, 6.07) is 10.6. The van der Waals surface area contributed by atoms with Crippen molar-refractivity contribution < 1.29 is 14.3 Å². The van der Waals surface area contributed by atoms with Crippen molar-refractivity contribution in [2.75, 3.05) is 13.1 Å². The number of aromatic nitrogens is 5. The van der Waals surface area contributed by atoms with E-state index in [0.29, 0.717) is 18.9 Å². The van der Waals surface area contributed by atoms with Gasteiger partial charge >= 0.3 is 0 Å². The second kappa shape index (κ2) is 7.67. The molecule has 9 heteroatoms. The van der Waals surface area contributed by atoms with Crippen LogP contribution in [0.5, 0.6) is 0 Å². The minimum absolute atomic E-state index is 0.0231. The van der Waals surface area contributed by atoms with Gasteiger partial charge in [0, 0.05) is 24.8 Å². The van der Waals surface area contributed by atoms with Crippen molar-refractivity contribution in [3.05, 3.63) is 65.5 Å². The predicted octanol–water partition coefficient (Wildman–Crippen LogP) is 1.56. The fourth-order valence-electron chi connectivity index (χ4n) is 3.64. The van der Waals surface area contributed by atoms with Gasteiger partial charge in [0.05, 0.1) is 17.7 Å². The highest BCUT2D eigenvalue weighted by molar-refractivity contribution is 5.79. The average molecular weight is 396 g/mol. The standard InChI is InChI=1S/C20H21FN6O2/c1-14-23-24-25-27(14)16-6-4-15(5-7-16)13-18(28)26-11-8-20(29,9-12-26)17-3-2-10-22-19(17)21/h2-7,10,29H,8-9,11-13H2,1H3. The zero-order valence-corrected chi connectivity index (χ0v) is 16.0. The van der Waals surface area contributed by atoms with Crippen LogP contribution in [0.25, 0.3) is 5.69 Å². The molecule has 0 atom stereocenters. The smallest absolute Gasteiger partial charge is 0.226 e. The summed E-state index contributed by atoms with van der Waals surface area (Å²) in [6.45, 7) is 2.55. The molecule has 29 heavy (non-hydrogen) atoms. The van der Waals surface area contributed by atoms with Gasteiger partial charge in [-0.25, -0.2) is 4.98 Å². The SMILES string of the molecule is Cc1nnnn1-c1ccc(CC(=O)N2CCC(O)(c3cccnc3F)CC2)cc1. The molecule has 0 saturated carbocycles. The lowest BCUT2D eigenvalue weighted by atomic mass is 9.85. The number of hydrogen-bond donors (Lipinski definition) is 1. The third-order valence-electron chi connectivity index (χ3n) is 5.37. The highest BCUT2D eigenvalue weighted by atomic mass is 19.1. The number of likely N-dealkylation sites (tertiary alicyclic amines) is 1. The van der Waals surface area contributed by atoms with E-state index in [1.165, 1.54) is 6.20 Å². The van der Waals surface area contributed by atoms with Crippen LogP contribution in [0.4, 0.5) is 4.39 Å². The molecule has 1 saturated heterocycles. The third kappa shape index (κ3) is 3.86. The van der Waals surface area contributed by atoms with Crippen LogP contribution in [0.15, 0.2) is 42.6 Å². The summed E-state index contributed by atoms with van der Waals surface area (Å²) < 4.78 is 15.6. The first-order valence-electron chi connectivity index (χ1n) is 9.42. The van der Waals surface area contributed by atoms with Gasteiger partial charge in [0.15, 0.2) is 5.82 Å². The number of aryl methyl sites for hydroxylation is 1. The Hall–Kier alpha value is -3.20. The Kier molecular flexibility index (Phi) is 5.06. The van der Waals surface area contributed by atoms with Crippen LogP contribution in [0.3, 0.4) is 0 Å². The van der Waals surface area contributed by atoms with Gasteiger partial charge in [0.1, 0.15) is 0 Å². The minimum Gasteiger partial charge on any atom is -0.385 e. The van der Waals surface area contributed by atoms with E-state index in [9.17, 15) is 14.3 Å². The first-order valence-corrected chi connectivity index (χ1v) is 9.42. The molecular formula is C20H21FN6O2. The highest BCUT2D eigenvalue weighted by Crippen LogP contribution is 2.33. The minimum atomic E-state index is -1.29. The van der Waals surface area contributed by atoms with Gasteiger partial charge in [-0.05, 0) is 54.0 Å². The van der Waals surface area contributed by atoms with Gasteiger partial charge in [-0.2, -0.15) is 9.07 Å². The van der Waals surface area contributed by atoms with E-state index in [1.807, 2.05) is 31.2 Å². The van der Waals surface area contributed by atoms with Gasteiger partial charge in [-0.15, -0.1) is 5.10 Å². The van der Waals surface area contributed by atoms with Crippen molar-refractivity contribution in [1.29, 1.82) is 0 Å². The zero-order valence-electron chi connectivity index (χ0n) is 16.0. The van der Waals surface area contributed by atoms with Gasteiger partial charge in [0.25, 0.3) is 0 Å². The normalized spacial score (nSPS) is 16.0. The number of aliphatic hydroxyl groups is 1. The quantitative estimate of drug-likeness (QED) is 0.672. The van der Waals surface area contributed by atoms with Crippen molar-refractivity contribution in [2.45, 2.75) is 31.8 Å². The molecule has 1 fully saturated rings. The number of nitrogens with zero attached hydrogens (tertiary/aromatic N) is 6. The van der Waals surface area contributed by atoms with Crippen LogP contribution in [-0.2, 0) is 16.8 Å². The lowest BCUT2D eigenvalue weighted by Crippen LogP contribution is -2.46. The van der Waals surface area contributed by atoms with Gasteiger partial charge in [-0.1, -0.05) is 18.2 Å². The number of rotatable bonds is 4. The summed E-state index contributed by atoms with van der Waals surface area (Å²) in [4.78, 5) is 18.0. The fourth-order valence-corrected chi connectivity index (χ4v) is 3.64. The largest absolute Gasteiger partial charge is 0.385 e. The van der Waals surface area contributed by atoms with Crippen molar-refractivity contribution in [2.24, 2.45) is 0 Å². The van der Waals surface area contributed by atoms with Gasteiger partial charge in [-0.3, -0.25) is 4.79 Å². The number of piperidine rings is 1. The van der Waals surface area contributed by atoms with Crippen LogP contribution in [-0.4, -0.2) is 54.2 Å². The lowest BCUT2D eigenvalue weighted by molar-refractivity contribution is -0.135. The molecule has 0 radical (unpaired) electrons. The topological polar surface area (TPSA) is 97.0 Å². The van der Waals surface area contributed by atoms with E-state index in [1.54, 1.807) is 21.7 Å². The van der Waals surface area contributed by atoms with E-state index >= 15 is 0 Å². The number of hydrogen-bond acceptors (Lipinski definition) is 6. The molecule has 3 aromatic rings. The fraction of sp³-hybridized carbons (Fsp3) is 0.350. The van der Waals surface area contributed by atoms with Gasteiger partial charge < -0.3 is 10.0 Å². The summed E-state index contributed by atoms with van der Waals surface area (Å²) in [5.74, 6) is -0.00238. The molecule has 1 aromatic carbocycles. The van der Waals surface area contributed by atoms with Gasteiger partial charge in [0.2, 0.25) is 11.9 Å². The van der Waals surface area contributed by atoms with E-state index in [0.717, 1.165) is 11.3 Å². The number of carbonyl (C=O) groups is 1. The number of pyridine rings is 1. The summed E-state index contributed by atoms with van der Waals surface area (Å²) in [5.41, 5.74) is 0.606. The molecule has 8 nitrogen and oxygen atoms in total. The second-order valence-electron chi connectivity index (χ2n) is 7.24. The molecule has 1 aliphatic heterocycles. The Morgan fingerprint density at radius 3 is 2.55 bits per heavy atom. The van der Waals surface area contributed by atoms with E-state index < -0.39 is 11.5 Å². The summed E-state index contributed by atoms with van der Waals surface area (Å²) in [7, 11) is 0. The Balaban J connectivity index is 1.38.